The Morgan fingerprint density at radius 3 is 2.48 bits per heavy atom. The van der Waals surface area contributed by atoms with Crippen LogP contribution in [0, 0.1) is 6.92 Å². The minimum atomic E-state index is -1.29. The highest BCUT2D eigenvalue weighted by molar-refractivity contribution is 7.84. The fourth-order valence-electron chi connectivity index (χ4n) is 4.23. The van der Waals surface area contributed by atoms with Gasteiger partial charge in [-0.3, -0.25) is 13.9 Å². The van der Waals surface area contributed by atoms with Gasteiger partial charge in [0.1, 0.15) is 11.5 Å². The van der Waals surface area contributed by atoms with E-state index in [1.165, 1.54) is 37.1 Å². The third-order valence-electron chi connectivity index (χ3n) is 6.08. The van der Waals surface area contributed by atoms with Gasteiger partial charge < -0.3 is 4.42 Å². The summed E-state index contributed by atoms with van der Waals surface area (Å²) in [4.78, 5) is 19.3. The minimum Gasteiger partial charge on any atom is -0.441 e. The van der Waals surface area contributed by atoms with E-state index >= 15 is 0 Å². The molecule has 1 aromatic heterocycles. The SMILES string of the molecule is Cc1oc(-c2ccc(CN3CCCC3)cc2)nc1CS(=O)CC(=O)CCCc1ccccc1. The lowest BCUT2D eigenvalue weighted by Crippen LogP contribution is -2.18. The molecule has 1 aliphatic rings. The summed E-state index contributed by atoms with van der Waals surface area (Å²) < 4.78 is 18.4. The highest BCUT2D eigenvalue weighted by Gasteiger charge is 2.17. The summed E-state index contributed by atoms with van der Waals surface area (Å²) >= 11 is 0. The van der Waals surface area contributed by atoms with Gasteiger partial charge in [-0.1, -0.05) is 42.5 Å². The first kappa shape index (κ1) is 23.6. The first-order valence-corrected chi connectivity index (χ1v) is 13.2. The lowest BCUT2D eigenvalue weighted by molar-refractivity contribution is -0.116. The normalized spacial score (nSPS) is 15.1. The molecule has 0 amide bonds. The molecule has 1 fully saturated rings. The van der Waals surface area contributed by atoms with E-state index in [0.29, 0.717) is 23.8 Å². The van der Waals surface area contributed by atoms with Gasteiger partial charge in [-0.25, -0.2) is 4.98 Å². The Labute approximate surface area is 198 Å². The summed E-state index contributed by atoms with van der Waals surface area (Å²) in [6, 6.07) is 18.4. The number of oxazole rings is 1. The second-order valence-electron chi connectivity index (χ2n) is 8.81. The van der Waals surface area contributed by atoms with Gasteiger partial charge in [0.2, 0.25) is 5.89 Å². The molecule has 0 bridgehead atoms. The van der Waals surface area contributed by atoms with Crippen molar-refractivity contribution in [1.82, 2.24) is 9.88 Å². The van der Waals surface area contributed by atoms with E-state index in [1.54, 1.807) is 0 Å². The van der Waals surface area contributed by atoms with E-state index in [-0.39, 0.29) is 17.3 Å². The molecule has 0 saturated carbocycles. The summed E-state index contributed by atoms with van der Waals surface area (Å²) in [6.07, 6.45) is 4.67. The third kappa shape index (κ3) is 6.95. The Balaban J connectivity index is 1.27. The number of hydrogen-bond acceptors (Lipinski definition) is 5. The molecule has 1 saturated heterocycles. The van der Waals surface area contributed by atoms with Crippen molar-refractivity contribution in [3.8, 4) is 11.5 Å². The first-order valence-electron chi connectivity index (χ1n) is 11.8. The molecule has 0 aliphatic carbocycles. The zero-order valence-corrected chi connectivity index (χ0v) is 20.1. The van der Waals surface area contributed by atoms with Crippen molar-refractivity contribution in [3.05, 3.63) is 77.2 Å². The van der Waals surface area contributed by atoms with Crippen LogP contribution in [0.4, 0.5) is 0 Å². The van der Waals surface area contributed by atoms with Crippen LogP contribution < -0.4 is 0 Å². The molecule has 174 valence electrons. The lowest BCUT2D eigenvalue weighted by Gasteiger charge is -2.14. The number of hydrogen-bond donors (Lipinski definition) is 0. The molecule has 6 heteroatoms. The third-order valence-corrected chi connectivity index (χ3v) is 7.32. The molecular weight excluding hydrogens is 432 g/mol. The highest BCUT2D eigenvalue weighted by atomic mass is 32.2. The Bertz CT molecular complexity index is 1070. The molecule has 1 atom stereocenters. The number of aryl methyl sites for hydroxylation is 2. The molecule has 5 nitrogen and oxygen atoms in total. The van der Waals surface area contributed by atoms with Crippen LogP contribution in [0.2, 0.25) is 0 Å². The van der Waals surface area contributed by atoms with Crippen molar-refractivity contribution in [2.45, 2.75) is 51.3 Å². The molecule has 0 N–H and O–H groups in total. The zero-order chi connectivity index (χ0) is 23.0. The average molecular weight is 465 g/mol. The van der Waals surface area contributed by atoms with E-state index in [1.807, 2.05) is 37.3 Å². The molecule has 4 rings (SSSR count). The second-order valence-corrected chi connectivity index (χ2v) is 10.3. The second kappa shape index (κ2) is 11.5. The van der Waals surface area contributed by atoms with E-state index in [9.17, 15) is 9.00 Å². The number of benzene rings is 2. The number of aromatic nitrogens is 1. The van der Waals surface area contributed by atoms with Gasteiger partial charge in [-0.15, -0.1) is 0 Å². The highest BCUT2D eigenvalue weighted by Crippen LogP contribution is 2.24. The Hall–Kier alpha value is -2.57. The average Bonchev–Trinajstić information content (AvgIpc) is 3.45. The summed E-state index contributed by atoms with van der Waals surface area (Å²) in [7, 11) is -1.29. The van der Waals surface area contributed by atoms with E-state index in [4.69, 9.17) is 4.42 Å². The molecule has 3 aromatic rings. The maximum atomic E-state index is 12.6. The van der Waals surface area contributed by atoms with Crippen molar-refractivity contribution in [2.24, 2.45) is 0 Å². The van der Waals surface area contributed by atoms with Crippen LogP contribution in [-0.4, -0.2) is 38.7 Å². The van der Waals surface area contributed by atoms with Crippen LogP contribution in [0.25, 0.3) is 11.5 Å². The molecular formula is C27H32N2O3S. The van der Waals surface area contributed by atoms with Crippen LogP contribution >= 0.6 is 0 Å². The van der Waals surface area contributed by atoms with Gasteiger partial charge in [0.05, 0.1) is 17.2 Å². The summed E-state index contributed by atoms with van der Waals surface area (Å²) in [6.45, 7) is 5.17. The van der Waals surface area contributed by atoms with Gasteiger partial charge in [0, 0.05) is 29.3 Å². The monoisotopic (exact) mass is 464 g/mol. The van der Waals surface area contributed by atoms with Crippen LogP contribution in [0.5, 0.6) is 0 Å². The van der Waals surface area contributed by atoms with Gasteiger partial charge in [-0.05, 0) is 69.0 Å². The number of likely N-dealkylation sites (tertiary alicyclic amines) is 1. The van der Waals surface area contributed by atoms with Crippen molar-refractivity contribution in [3.63, 3.8) is 0 Å². The topological polar surface area (TPSA) is 63.4 Å². The Kier molecular flexibility index (Phi) is 8.24. The molecule has 0 radical (unpaired) electrons. The van der Waals surface area contributed by atoms with Gasteiger partial charge in [-0.2, -0.15) is 0 Å². The van der Waals surface area contributed by atoms with Crippen molar-refractivity contribution < 1.29 is 13.4 Å². The number of ketones is 1. The van der Waals surface area contributed by atoms with E-state index in [2.05, 4.69) is 34.1 Å². The van der Waals surface area contributed by atoms with Crippen LogP contribution in [-0.2, 0) is 34.3 Å². The number of nitrogens with zero attached hydrogens (tertiary/aromatic N) is 2. The predicted octanol–water partition coefficient (Wildman–Crippen LogP) is 5.09. The predicted molar refractivity (Wildman–Crippen MR) is 132 cm³/mol. The quantitative estimate of drug-likeness (QED) is 0.396. The number of Topliss-reactive ketones (excluding diaryl/α,β-unsaturated/α-hetero) is 1. The smallest absolute Gasteiger partial charge is 0.226 e. The molecule has 33 heavy (non-hydrogen) atoms. The van der Waals surface area contributed by atoms with E-state index < -0.39 is 10.8 Å². The number of carbonyl (C=O) groups excluding carboxylic acids is 1. The largest absolute Gasteiger partial charge is 0.441 e. The summed E-state index contributed by atoms with van der Waals surface area (Å²) in [5.74, 6) is 1.56. The maximum Gasteiger partial charge on any atom is 0.226 e. The molecule has 2 heterocycles. The standard InChI is InChI=1S/C27H32N2O3S/c1-21-26(20-33(31)19-25(30)11-7-10-22-8-3-2-4-9-22)28-27(32-21)24-14-12-23(13-15-24)18-29-16-5-6-17-29/h2-4,8-9,12-15H,5-7,10-11,16-20H2,1H3. The molecule has 1 aliphatic heterocycles. The Morgan fingerprint density at radius 1 is 1.03 bits per heavy atom. The van der Waals surface area contributed by atoms with Crippen molar-refractivity contribution in [2.75, 3.05) is 18.8 Å². The van der Waals surface area contributed by atoms with Gasteiger partial charge in [0.15, 0.2) is 0 Å². The van der Waals surface area contributed by atoms with E-state index in [0.717, 1.165) is 24.9 Å². The number of carbonyl (C=O) groups is 1. The fourth-order valence-corrected chi connectivity index (χ4v) is 5.41. The molecule has 0 spiro atoms. The zero-order valence-electron chi connectivity index (χ0n) is 19.3. The fraction of sp³-hybridized carbons (Fsp3) is 0.407. The lowest BCUT2D eigenvalue weighted by atomic mass is 10.1. The van der Waals surface area contributed by atoms with Crippen LogP contribution in [0.15, 0.2) is 59.0 Å². The number of rotatable bonds is 11. The summed E-state index contributed by atoms with van der Waals surface area (Å²) in [5, 5.41) is 0. The molecule has 1 unspecified atom stereocenters. The van der Waals surface area contributed by atoms with Crippen molar-refractivity contribution in [1.29, 1.82) is 0 Å². The van der Waals surface area contributed by atoms with Gasteiger partial charge >= 0.3 is 0 Å². The summed E-state index contributed by atoms with van der Waals surface area (Å²) in [5.41, 5.74) is 4.09. The van der Waals surface area contributed by atoms with Crippen LogP contribution in [0.3, 0.4) is 0 Å². The van der Waals surface area contributed by atoms with Crippen molar-refractivity contribution >= 4 is 16.6 Å². The van der Waals surface area contributed by atoms with Gasteiger partial charge in [0.25, 0.3) is 0 Å². The first-order chi connectivity index (χ1) is 16.1. The minimum absolute atomic E-state index is 0.0410. The maximum absolute atomic E-state index is 12.6. The van der Waals surface area contributed by atoms with Crippen LogP contribution in [0.1, 0.15) is 48.3 Å². The Morgan fingerprint density at radius 2 is 1.76 bits per heavy atom. The molecule has 2 aromatic carbocycles.